The van der Waals surface area contributed by atoms with E-state index >= 15 is 0 Å². The van der Waals surface area contributed by atoms with E-state index in [4.69, 9.17) is 9.47 Å². The molecule has 2 rings (SSSR count). The fourth-order valence-electron chi connectivity index (χ4n) is 2.10. The van der Waals surface area contributed by atoms with Crippen molar-refractivity contribution in [2.45, 2.75) is 0 Å². The van der Waals surface area contributed by atoms with E-state index in [9.17, 15) is 29.8 Å². The van der Waals surface area contributed by atoms with Crippen LogP contribution in [0.3, 0.4) is 0 Å². The Hall–Kier alpha value is -4.88. The van der Waals surface area contributed by atoms with Crippen LogP contribution in [0.4, 0.5) is 11.4 Å². The van der Waals surface area contributed by atoms with Gasteiger partial charge in [0.15, 0.2) is 24.7 Å². The van der Waals surface area contributed by atoms with E-state index in [0.29, 0.717) is 0 Å². The van der Waals surface area contributed by atoms with Gasteiger partial charge in [-0.25, -0.2) is 10.9 Å². The molecule has 14 heteroatoms. The van der Waals surface area contributed by atoms with Crippen molar-refractivity contribution < 1.29 is 28.9 Å². The maximum Gasteiger partial charge on any atom is 0.310 e. The molecule has 0 spiro atoms. The van der Waals surface area contributed by atoms with Crippen LogP contribution >= 0.6 is 0 Å². The van der Waals surface area contributed by atoms with Gasteiger partial charge in [-0.3, -0.25) is 29.8 Å². The molecule has 2 aromatic carbocycles. The minimum atomic E-state index is -0.685. The van der Waals surface area contributed by atoms with Crippen LogP contribution in [-0.4, -0.2) is 47.3 Å². The van der Waals surface area contributed by atoms with Gasteiger partial charge in [0, 0.05) is 12.1 Å². The Balaban J connectivity index is 1.69. The number of carbonyl (C=O) groups excluding carboxylic acids is 2. The van der Waals surface area contributed by atoms with Gasteiger partial charge in [0.05, 0.1) is 22.3 Å². The Morgan fingerprint density at radius 1 is 0.781 bits per heavy atom. The van der Waals surface area contributed by atoms with Crippen molar-refractivity contribution in [3.63, 3.8) is 0 Å². The summed E-state index contributed by atoms with van der Waals surface area (Å²) in [5.74, 6) is -1.50. The third-order valence-corrected chi connectivity index (χ3v) is 3.44. The highest BCUT2D eigenvalue weighted by Crippen LogP contribution is 2.26. The standard InChI is InChI=1S/C18H16N6O8/c25-17(11-31-15-7-3-1-5-13(15)23(27)28)21-19-9-10-20-22-18(26)12-32-16-8-4-2-6-14(16)24(29)30/h1-10H,11-12H2,(H,21,25)(H,22,26)/b19-9-,20-10+. The third kappa shape index (κ3) is 7.51. The molecule has 2 N–H and O–H groups in total. The summed E-state index contributed by atoms with van der Waals surface area (Å²) in [6.45, 7) is -1.03. The van der Waals surface area contributed by atoms with Gasteiger partial charge < -0.3 is 9.47 Å². The number of nitro benzene ring substituents is 2. The predicted molar refractivity (Wildman–Crippen MR) is 110 cm³/mol. The maximum atomic E-state index is 11.6. The largest absolute Gasteiger partial charge is 0.477 e. The summed E-state index contributed by atoms with van der Waals surface area (Å²) in [6, 6.07) is 11.2. The number of hydrogen-bond acceptors (Lipinski definition) is 10. The number of hydrogen-bond donors (Lipinski definition) is 2. The molecule has 0 atom stereocenters. The molecule has 0 aliphatic carbocycles. The average Bonchev–Trinajstić information content (AvgIpc) is 2.78. The lowest BCUT2D eigenvalue weighted by Gasteiger charge is -2.05. The molecular weight excluding hydrogens is 428 g/mol. The number of nitro groups is 2. The molecular formula is C18H16N6O8. The van der Waals surface area contributed by atoms with Crippen LogP contribution in [0.5, 0.6) is 11.5 Å². The van der Waals surface area contributed by atoms with E-state index < -0.39 is 34.9 Å². The summed E-state index contributed by atoms with van der Waals surface area (Å²) in [6.07, 6.45) is 2.10. The minimum Gasteiger partial charge on any atom is -0.477 e. The van der Waals surface area contributed by atoms with Crippen molar-refractivity contribution in [3.05, 3.63) is 68.8 Å². The molecule has 0 heterocycles. The predicted octanol–water partition coefficient (Wildman–Crippen LogP) is 1.16. The summed E-state index contributed by atoms with van der Waals surface area (Å²) >= 11 is 0. The highest BCUT2D eigenvalue weighted by atomic mass is 16.6. The zero-order valence-corrected chi connectivity index (χ0v) is 16.2. The summed E-state index contributed by atoms with van der Waals surface area (Å²) in [7, 11) is 0. The second kappa shape index (κ2) is 12.0. The molecule has 0 aliphatic rings. The second-order valence-corrected chi connectivity index (χ2v) is 5.65. The van der Waals surface area contributed by atoms with Crippen molar-refractivity contribution in [2.75, 3.05) is 13.2 Å². The number of nitrogens with one attached hydrogen (secondary N) is 2. The van der Waals surface area contributed by atoms with E-state index in [1.54, 1.807) is 0 Å². The molecule has 0 aromatic heterocycles. The maximum absolute atomic E-state index is 11.6. The Labute approximate surface area is 179 Å². The third-order valence-electron chi connectivity index (χ3n) is 3.44. The van der Waals surface area contributed by atoms with Crippen LogP contribution in [0.2, 0.25) is 0 Å². The molecule has 0 fully saturated rings. The quantitative estimate of drug-likeness (QED) is 0.293. The first-order valence-corrected chi connectivity index (χ1v) is 8.73. The lowest BCUT2D eigenvalue weighted by Crippen LogP contribution is -2.25. The molecule has 0 saturated heterocycles. The molecule has 166 valence electrons. The smallest absolute Gasteiger partial charge is 0.310 e. The van der Waals surface area contributed by atoms with Gasteiger partial charge in [0.2, 0.25) is 0 Å². The van der Waals surface area contributed by atoms with Crippen molar-refractivity contribution in [1.29, 1.82) is 0 Å². The average molecular weight is 444 g/mol. The van der Waals surface area contributed by atoms with Gasteiger partial charge in [0.25, 0.3) is 11.8 Å². The van der Waals surface area contributed by atoms with Gasteiger partial charge in [-0.2, -0.15) is 10.2 Å². The summed E-state index contributed by atoms with van der Waals surface area (Å²) in [4.78, 5) is 43.7. The summed E-state index contributed by atoms with van der Waals surface area (Å²) in [5.41, 5.74) is 3.63. The van der Waals surface area contributed by atoms with Crippen LogP contribution in [-0.2, 0) is 9.59 Å². The van der Waals surface area contributed by atoms with Crippen LogP contribution in [0, 0.1) is 20.2 Å². The summed E-state index contributed by atoms with van der Waals surface area (Å²) < 4.78 is 10.2. The molecule has 0 aliphatic heterocycles. The number of hydrazone groups is 2. The first kappa shape index (κ1) is 23.4. The monoisotopic (exact) mass is 444 g/mol. The van der Waals surface area contributed by atoms with Crippen LogP contribution in [0.15, 0.2) is 58.7 Å². The second-order valence-electron chi connectivity index (χ2n) is 5.65. The molecule has 14 nitrogen and oxygen atoms in total. The molecule has 2 aromatic rings. The van der Waals surface area contributed by atoms with E-state index in [1.807, 2.05) is 0 Å². The molecule has 0 radical (unpaired) electrons. The number of para-hydroxylation sites is 4. The van der Waals surface area contributed by atoms with Crippen molar-refractivity contribution in [2.24, 2.45) is 10.2 Å². The zero-order chi connectivity index (χ0) is 23.3. The minimum absolute atomic E-state index is 0.0658. The van der Waals surface area contributed by atoms with Crippen molar-refractivity contribution in [3.8, 4) is 11.5 Å². The number of nitrogens with zero attached hydrogens (tertiary/aromatic N) is 4. The summed E-state index contributed by atoms with van der Waals surface area (Å²) in [5, 5.41) is 28.8. The van der Waals surface area contributed by atoms with Gasteiger partial charge >= 0.3 is 11.4 Å². The number of carbonyl (C=O) groups is 2. The van der Waals surface area contributed by atoms with Crippen LogP contribution < -0.4 is 20.3 Å². The highest BCUT2D eigenvalue weighted by molar-refractivity contribution is 6.16. The van der Waals surface area contributed by atoms with Crippen molar-refractivity contribution >= 4 is 35.6 Å². The van der Waals surface area contributed by atoms with Crippen LogP contribution in [0.25, 0.3) is 0 Å². The lowest BCUT2D eigenvalue weighted by molar-refractivity contribution is -0.386. The van der Waals surface area contributed by atoms with E-state index in [-0.39, 0.29) is 22.9 Å². The number of benzene rings is 2. The molecule has 0 saturated carbocycles. The topological polar surface area (TPSA) is 188 Å². The van der Waals surface area contributed by atoms with Gasteiger partial charge in [-0.05, 0) is 12.1 Å². The fourth-order valence-corrected chi connectivity index (χ4v) is 2.10. The lowest BCUT2D eigenvalue weighted by atomic mass is 10.3. The molecule has 32 heavy (non-hydrogen) atoms. The number of amides is 2. The Kier molecular flexibility index (Phi) is 8.75. The molecule has 0 unspecified atom stereocenters. The first-order valence-electron chi connectivity index (χ1n) is 8.73. The van der Waals surface area contributed by atoms with Gasteiger partial charge in [0.1, 0.15) is 0 Å². The number of rotatable bonds is 11. The van der Waals surface area contributed by atoms with Gasteiger partial charge in [-0.1, -0.05) is 24.3 Å². The van der Waals surface area contributed by atoms with Crippen molar-refractivity contribution in [1.82, 2.24) is 10.9 Å². The highest BCUT2D eigenvalue weighted by Gasteiger charge is 2.15. The zero-order valence-electron chi connectivity index (χ0n) is 16.2. The number of ether oxygens (including phenoxy) is 2. The Morgan fingerprint density at radius 2 is 1.16 bits per heavy atom. The Morgan fingerprint density at radius 3 is 1.53 bits per heavy atom. The molecule has 0 bridgehead atoms. The molecule has 2 amide bonds. The van der Waals surface area contributed by atoms with E-state index in [1.165, 1.54) is 48.5 Å². The normalized spacial score (nSPS) is 10.6. The Bertz CT molecular complexity index is 972. The fraction of sp³-hybridized carbons (Fsp3) is 0.111. The van der Waals surface area contributed by atoms with E-state index in [0.717, 1.165) is 12.4 Å². The van der Waals surface area contributed by atoms with Crippen LogP contribution in [0.1, 0.15) is 0 Å². The van der Waals surface area contributed by atoms with Gasteiger partial charge in [-0.15, -0.1) is 0 Å². The van der Waals surface area contributed by atoms with E-state index in [2.05, 4.69) is 21.1 Å². The first-order chi connectivity index (χ1) is 15.4. The SMILES string of the molecule is O=C(COc1ccccc1[N+](=O)[O-])N/N=C\C=N\NC(=O)COc1ccccc1[N+](=O)[O-].